The maximum Gasteiger partial charge on any atom is 0.266 e. The third-order valence-corrected chi connectivity index (χ3v) is 6.49. The Morgan fingerprint density at radius 1 is 1.11 bits per heavy atom. The van der Waals surface area contributed by atoms with E-state index in [9.17, 15) is 13.6 Å². The van der Waals surface area contributed by atoms with E-state index >= 15 is 0 Å². The molecule has 3 aromatic rings. The number of aliphatic imine (C=N–C) groups is 1. The van der Waals surface area contributed by atoms with Crippen LogP contribution >= 0.6 is 15.9 Å². The smallest absolute Gasteiger partial charge is 0.266 e. The van der Waals surface area contributed by atoms with Gasteiger partial charge in [-0.05, 0) is 53.6 Å². The summed E-state index contributed by atoms with van der Waals surface area (Å²) in [5, 5.41) is 8.90. The predicted molar refractivity (Wildman–Crippen MR) is 138 cm³/mol. The number of rotatable bonds is 11. The zero-order valence-corrected chi connectivity index (χ0v) is 21.4. The van der Waals surface area contributed by atoms with Crippen molar-refractivity contribution in [2.75, 3.05) is 19.8 Å². The second-order valence-electron chi connectivity index (χ2n) is 8.54. The first-order chi connectivity index (χ1) is 17.9. The number of nitrogens with zero attached hydrogens (tertiary/aromatic N) is 1. The van der Waals surface area contributed by atoms with E-state index in [1.54, 1.807) is 24.3 Å². The van der Waals surface area contributed by atoms with Crippen LogP contribution in [0.4, 0.5) is 8.78 Å². The van der Waals surface area contributed by atoms with Crippen molar-refractivity contribution in [1.82, 2.24) is 10.9 Å². The maximum absolute atomic E-state index is 13.5. The van der Waals surface area contributed by atoms with E-state index < -0.39 is 23.1 Å². The lowest BCUT2D eigenvalue weighted by Gasteiger charge is -2.24. The van der Waals surface area contributed by atoms with Gasteiger partial charge in [0.2, 0.25) is 5.90 Å². The van der Waals surface area contributed by atoms with E-state index in [1.165, 1.54) is 12.1 Å². The van der Waals surface area contributed by atoms with E-state index in [0.29, 0.717) is 35.8 Å². The van der Waals surface area contributed by atoms with Crippen LogP contribution in [0.1, 0.15) is 23.1 Å². The second kappa shape index (κ2) is 12.3. The van der Waals surface area contributed by atoms with Crippen molar-refractivity contribution in [3.05, 3.63) is 99.5 Å². The zero-order valence-electron chi connectivity index (χ0n) is 19.8. The largest absolute Gasteiger partial charge is 0.494 e. The number of carbonyl (C=O) groups excluding carboxylic acids is 1. The molecule has 10 heteroatoms. The van der Waals surface area contributed by atoms with Gasteiger partial charge in [-0.25, -0.2) is 19.2 Å². The molecule has 1 amide bonds. The fraction of sp³-hybridized carbons (Fsp3) is 0.259. The summed E-state index contributed by atoms with van der Waals surface area (Å²) in [5.41, 5.74) is 5.97. The number of carbonyl (C=O) groups is 1. The molecule has 1 heterocycles. The third kappa shape index (κ3) is 6.91. The minimum Gasteiger partial charge on any atom is -0.494 e. The third-order valence-electron chi connectivity index (χ3n) is 5.72. The van der Waals surface area contributed by atoms with Gasteiger partial charge in [0.1, 0.15) is 24.0 Å². The van der Waals surface area contributed by atoms with E-state index in [4.69, 9.17) is 19.6 Å². The fourth-order valence-electron chi connectivity index (χ4n) is 3.84. The molecule has 1 aliphatic rings. The van der Waals surface area contributed by atoms with Gasteiger partial charge in [-0.3, -0.25) is 10.2 Å². The first kappa shape index (κ1) is 26.7. The molecule has 0 aromatic heterocycles. The molecule has 3 N–H and O–H groups in total. The van der Waals surface area contributed by atoms with Gasteiger partial charge in [0.15, 0.2) is 5.54 Å². The van der Waals surface area contributed by atoms with Gasteiger partial charge in [0, 0.05) is 42.1 Å². The standard InChI is InChI=1S/C27H26BrF2N3O4/c28-24-5-2-1-4-20(24)15-27(26(35)33-31-16-18-12-21(29)14-22(30)13-18)17-37-25(32-27)19-6-8-23(9-7-19)36-11-3-10-34/h1-2,4-9,12-14,31,34H,3,10-11,15-17H2,(H,33,35)/t27-/m0/s1. The molecule has 3 aromatic carbocycles. The van der Waals surface area contributed by atoms with Crippen LogP contribution in [0, 0.1) is 11.6 Å². The van der Waals surface area contributed by atoms with Crippen molar-refractivity contribution in [3.63, 3.8) is 0 Å². The lowest BCUT2D eigenvalue weighted by molar-refractivity contribution is -0.127. The molecule has 194 valence electrons. The van der Waals surface area contributed by atoms with E-state index in [2.05, 4.69) is 26.8 Å². The highest BCUT2D eigenvalue weighted by Crippen LogP contribution is 2.30. The van der Waals surface area contributed by atoms with E-state index in [-0.39, 0.29) is 26.2 Å². The number of aliphatic hydroxyl groups is 1. The first-order valence-electron chi connectivity index (χ1n) is 11.7. The molecular weight excluding hydrogens is 548 g/mol. The lowest BCUT2D eigenvalue weighted by Crippen LogP contribution is -2.52. The Labute approximate surface area is 221 Å². The summed E-state index contributed by atoms with van der Waals surface area (Å²) in [6.45, 7) is 0.470. The Morgan fingerprint density at radius 2 is 1.84 bits per heavy atom. The number of amides is 1. The van der Waals surface area contributed by atoms with Crippen LogP contribution in [0.3, 0.4) is 0 Å². The molecule has 37 heavy (non-hydrogen) atoms. The summed E-state index contributed by atoms with van der Waals surface area (Å²) >= 11 is 3.53. The molecule has 0 unspecified atom stereocenters. The Morgan fingerprint density at radius 3 is 2.54 bits per heavy atom. The monoisotopic (exact) mass is 573 g/mol. The van der Waals surface area contributed by atoms with Crippen molar-refractivity contribution in [1.29, 1.82) is 0 Å². The highest BCUT2D eigenvalue weighted by molar-refractivity contribution is 9.10. The molecule has 1 atom stereocenters. The molecule has 1 aliphatic heterocycles. The second-order valence-corrected chi connectivity index (χ2v) is 9.40. The average Bonchev–Trinajstić information content (AvgIpc) is 3.31. The van der Waals surface area contributed by atoms with Crippen LogP contribution in [0.5, 0.6) is 5.75 Å². The summed E-state index contributed by atoms with van der Waals surface area (Å²) in [4.78, 5) is 18.1. The molecule has 7 nitrogen and oxygen atoms in total. The van der Waals surface area contributed by atoms with Gasteiger partial charge in [0.05, 0.1) is 6.61 Å². The molecule has 0 aliphatic carbocycles. The van der Waals surface area contributed by atoms with Gasteiger partial charge < -0.3 is 14.6 Å². The Balaban J connectivity index is 1.52. The lowest BCUT2D eigenvalue weighted by atomic mass is 9.91. The van der Waals surface area contributed by atoms with Gasteiger partial charge in [0.25, 0.3) is 5.91 Å². The van der Waals surface area contributed by atoms with Gasteiger partial charge in [-0.2, -0.15) is 0 Å². The normalized spacial score (nSPS) is 16.7. The summed E-state index contributed by atoms with van der Waals surface area (Å²) in [6.07, 6.45) is 0.787. The Kier molecular flexibility index (Phi) is 8.86. The topological polar surface area (TPSA) is 92.2 Å². The number of aliphatic hydroxyl groups excluding tert-OH is 1. The van der Waals surface area contributed by atoms with Gasteiger partial charge in [-0.15, -0.1) is 0 Å². The summed E-state index contributed by atoms with van der Waals surface area (Å²) in [6, 6.07) is 17.8. The summed E-state index contributed by atoms with van der Waals surface area (Å²) in [5.74, 6) is -0.880. The van der Waals surface area contributed by atoms with Crippen molar-refractivity contribution < 1.29 is 28.2 Å². The number of nitrogens with one attached hydrogen (secondary N) is 2. The van der Waals surface area contributed by atoms with Crippen LogP contribution in [-0.2, 0) is 22.5 Å². The fourth-order valence-corrected chi connectivity index (χ4v) is 4.27. The van der Waals surface area contributed by atoms with Crippen LogP contribution in [-0.4, -0.2) is 42.3 Å². The molecule has 4 rings (SSSR count). The highest BCUT2D eigenvalue weighted by atomic mass is 79.9. The summed E-state index contributed by atoms with van der Waals surface area (Å²) in [7, 11) is 0. The zero-order chi connectivity index (χ0) is 26.3. The number of hydrogen-bond acceptors (Lipinski definition) is 6. The van der Waals surface area contributed by atoms with Crippen LogP contribution in [0.15, 0.2) is 76.2 Å². The minimum atomic E-state index is -1.28. The van der Waals surface area contributed by atoms with E-state index in [1.807, 2.05) is 24.3 Å². The maximum atomic E-state index is 13.5. The highest BCUT2D eigenvalue weighted by Gasteiger charge is 2.45. The first-order valence-corrected chi connectivity index (χ1v) is 12.5. The number of benzene rings is 3. The van der Waals surface area contributed by atoms with Crippen LogP contribution < -0.4 is 15.6 Å². The minimum absolute atomic E-state index is 0.000521. The Hall–Kier alpha value is -3.34. The van der Waals surface area contributed by atoms with Gasteiger partial charge in [-0.1, -0.05) is 34.1 Å². The van der Waals surface area contributed by atoms with Gasteiger partial charge >= 0.3 is 0 Å². The summed E-state index contributed by atoms with van der Waals surface area (Å²) < 4.78 is 39.3. The Bertz CT molecular complexity index is 1250. The molecule has 0 saturated carbocycles. The molecule has 0 fully saturated rings. The van der Waals surface area contributed by atoms with Crippen molar-refractivity contribution in [3.8, 4) is 5.75 Å². The number of hydrazine groups is 1. The van der Waals surface area contributed by atoms with Crippen molar-refractivity contribution in [2.24, 2.45) is 4.99 Å². The van der Waals surface area contributed by atoms with Crippen LogP contribution in [0.25, 0.3) is 0 Å². The SMILES string of the molecule is O=C(NNCc1cc(F)cc(F)c1)[C@]1(Cc2ccccc2Br)COC(c2ccc(OCCCO)cc2)=N1. The molecule has 0 saturated heterocycles. The molecule has 0 spiro atoms. The quantitative estimate of drug-likeness (QED) is 0.237. The molecular formula is C27H26BrF2N3O4. The van der Waals surface area contributed by atoms with Crippen molar-refractivity contribution >= 4 is 27.7 Å². The van der Waals surface area contributed by atoms with Crippen LogP contribution in [0.2, 0.25) is 0 Å². The van der Waals surface area contributed by atoms with E-state index in [0.717, 1.165) is 16.1 Å². The van der Waals surface area contributed by atoms with Crippen molar-refractivity contribution in [2.45, 2.75) is 24.9 Å². The average molecular weight is 574 g/mol. The molecule has 0 radical (unpaired) electrons. The molecule has 0 bridgehead atoms. The predicted octanol–water partition coefficient (Wildman–Crippen LogP) is 4.07. The number of ether oxygens (including phenoxy) is 2. The number of halogens is 3. The number of hydrogen-bond donors (Lipinski definition) is 3.